The van der Waals surface area contributed by atoms with E-state index in [1.165, 1.54) is 12.1 Å². The second kappa shape index (κ2) is 9.54. The van der Waals surface area contributed by atoms with Crippen LogP contribution >= 0.6 is 24.0 Å². The summed E-state index contributed by atoms with van der Waals surface area (Å²) in [4.78, 5) is 1.97. The summed E-state index contributed by atoms with van der Waals surface area (Å²) >= 11 is 5.63. The molecule has 0 bridgehead atoms. The van der Waals surface area contributed by atoms with E-state index in [9.17, 15) is 13.2 Å². The van der Waals surface area contributed by atoms with Crippen molar-refractivity contribution in [2.45, 2.75) is 37.9 Å². The summed E-state index contributed by atoms with van der Waals surface area (Å²) < 4.78 is 38.3. The topological polar surface area (TPSA) is 3.24 Å². The number of benzene rings is 1. The lowest BCUT2D eigenvalue weighted by molar-refractivity contribution is -0.137. The van der Waals surface area contributed by atoms with Gasteiger partial charge in [-0.1, -0.05) is 25.0 Å². The molecule has 0 aliphatic carbocycles. The molecule has 6 heteroatoms. The highest BCUT2D eigenvalue weighted by Crippen LogP contribution is 2.32. The summed E-state index contributed by atoms with van der Waals surface area (Å²) in [6, 6.07) is 5.62. The van der Waals surface area contributed by atoms with Gasteiger partial charge in [0.2, 0.25) is 0 Å². The van der Waals surface area contributed by atoms with Crippen LogP contribution in [-0.4, -0.2) is 24.9 Å². The van der Waals surface area contributed by atoms with Gasteiger partial charge >= 0.3 is 6.18 Å². The molecule has 0 fully saturated rings. The van der Waals surface area contributed by atoms with Crippen molar-refractivity contribution in [1.82, 2.24) is 4.90 Å². The van der Waals surface area contributed by atoms with Crippen molar-refractivity contribution in [3.8, 4) is 0 Å². The minimum Gasteiger partial charge on any atom is -0.302 e. The molecule has 0 heterocycles. The van der Waals surface area contributed by atoms with E-state index in [0.29, 0.717) is 5.88 Å². The van der Waals surface area contributed by atoms with Gasteiger partial charge in [-0.2, -0.15) is 13.2 Å². The van der Waals surface area contributed by atoms with E-state index in [1.54, 1.807) is 6.07 Å². The molecule has 122 valence electrons. The molecule has 1 aromatic carbocycles. The van der Waals surface area contributed by atoms with Crippen molar-refractivity contribution < 1.29 is 13.2 Å². The van der Waals surface area contributed by atoms with E-state index >= 15 is 0 Å². The van der Waals surface area contributed by atoms with Crippen molar-refractivity contribution in [2.24, 2.45) is 0 Å². The third-order valence-electron chi connectivity index (χ3n) is 3.33. The first-order valence-corrected chi connectivity index (χ1v) is 7.29. The van der Waals surface area contributed by atoms with Crippen molar-refractivity contribution in [3.63, 3.8) is 0 Å². The Hall–Kier alpha value is -0.450. The normalized spacial score (nSPS) is 13.1. The van der Waals surface area contributed by atoms with Gasteiger partial charge in [-0.3, -0.25) is 0 Å². The van der Waals surface area contributed by atoms with Crippen LogP contribution < -0.4 is 0 Å². The molecule has 0 saturated carbocycles. The number of hydrogen-bond donors (Lipinski definition) is 0. The highest BCUT2D eigenvalue weighted by Gasteiger charge is 2.31. The van der Waals surface area contributed by atoms with E-state index in [1.807, 2.05) is 19.0 Å². The SMILES string of the molecule is CN(C)C(CCCCCCl)c1cccc(C(F)(F)F)c1.Cl. The first-order valence-electron chi connectivity index (χ1n) is 6.76. The average molecular weight is 344 g/mol. The van der Waals surface area contributed by atoms with Gasteiger partial charge in [0.25, 0.3) is 0 Å². The summed E-state index contributed by atoms with van der Waals surface area (Å²) in [6.07, 6.45) is -0.528. The van der Waals surface area contributed by atoms with Gasteiger partial charge in [0, 0.05) is 11.9 Å². The largest absolute Gasteiger partial charge is 0.416 e. The molecule has 1 aromatic rings. The minimum atomic E-state index is -4.29. The Morgan fingerprint density at radius 3 is 2.33 bits per heavy atom. The van der Waals surface area contributed by atoms with Gasteiger partial charge < -0.3 is 4.90 Å². The smallest absolute Gasteiger partial charge is 0.302 e. The number of alkyl halides is 4. The Morgan fingerprint density at radius 2 is 1.81 bits per heavy atom. The molecule has 0 aromatic heterocycles. The number of hydrogen-bond acceptors (Lipinski definition) is 1. The van der Waals surface area contributed by atoms with E-state index in [0.717, 1.165) is 37.3 Å². The Labute approximate surface area is 135 Å². The second-order valence-electron chi connectivity index (χ2n) is 5.14. The Balaban J connectivity index is 0.00000400. The average Bonchev–Trinajstić information content (AvgIpc) is 2.37. The molecule has 1 atom stereocenters. The molecule has 1 rings (SSSR count). The molecule has 1 nitrogen and oxygen atoms in total. The zero-order valence-corrected chi connectivity index (χ0v) is 13.9. The molecule has 21 heavy (non-hydrogen) atoms. The zero-order valence-electron chi connectivity index (χ0n) is 12.3. The van der Waals surface area contributed by atoms with E-state index < -0.39 is 11.7 Å². The zero-order chi connectivity index (χ0) is 15.2. The van der Waals surface area contributed by atoms with Crippen LogP contribution in [0, 0.1) is 0 Å². The van der Waals surface area contributed by atoms with Gasteiger partial charge in [0.15, 0.2) is 0 Å². The van der Waals surface area contributed by atoms with Crippen molar-refractivity contribution in [3.05, 3.63) is 35.4 Å². The van der Waals surface area contributed by atoms with Gasteiger partial charge in [-0.05, 0) is 44.6 Å². The molecule has 0 saturated heterocycles. The molecule has 0 aliphatic heterocycles. The van der Waals surface area contributed by atoms with Crippen LogP contribution in [0.2, 0.25) is 0 Å². The number of rotatable bonds is 7. The van der Waals surface area contributed by atoms with E-state index in [2.05, 4.69) is 0 Å². The minimum absolute atomic E-state index is 0. The standard InChI is InChI=1S/C15H21ClF3N.ClH/c1-20(2)14(9-4-3-5-10-16)12-7-6-8-13(11-12)15(17,18)19;/h6-8,11,14H,3-5,9-10H2,1-2H3;1H. The molecule has 0 spiro atoms. The molecular weight excluding hydrogens is 322 g/mol. The number of halogens is 5. The lowest BCUT2D eigenvalue weighted by Crippen LogP contribution is -2.20. The summed E-state index contributed by atoms with van der Waals surface area (Å²) in [7, 11) is 3.79. The fourth-order valence-electron chi connectivity index (χ4n) is 2.25. The van der Waals surface area contributed by atoms with E-state index in [-0.39, 0.29) is 18.4 Å². The summed E-state index contributed by atoms with van der Waals surface area (Å²) in [5, 5.41) is 0. The molecule has 0 aliphatic rings. The predicted octanol–water partition coefficient (Wildman–Crippen LogP) is 5.53. The van der Waals surface area contributed by atoms with Crippen molar-refractivity contribution >= 4 is 24.0 Å². The molecule has 0 amide bonds. The fraction of sp³-hybridized carbons (Fsp3) is 0.600. The van der Waals surface area contributed by atoms with Crippen LogP contribution in [-0.2, 0) is 6.18 Å². The Morgan fingerprint density at radius 1 is 1.14 bits per heavy atom. The summed E-state index contributed by atoms with van der Waals surface area (Å²) in [5.74, 6) is 0.635. The van der Waals surface area contributed by atoms with Gasteiger partial charge in [0.05, 0.1) is 5.56 Å². The lowest BCUT2D eigenvalue weighted by atomic mass is 9.97. The third-order valence-corrected chi connectivity index (χ3v) is 3.60. The molecule has 0 radical (unpaired) electrons. The van der Waals surface area contributed by atoms with Crippen LogP contribution in [0.15, 0.2) is 24.3 Å². The van der Waals surface area contributed by atoms with Gasteiger partial charge in [0.1, 0.15) is 0 Å². The monoisotopic (exact) mass is 343 g/mol. The molecular formula is C15H22Cl2F3N. The second-order valence-corrected chi connectivity index (χ2v) is 5.52. The lowest BCUT2D eigenvalue weighted by Gasteiger charge is -2.25. The molecule has 0 N–H and O–H groups in total. The number of nitrogens with zero attached hydrogens (tertiary/aromatic N) is 1. The first kappa shape index (κ1) is 20.6. The summed E-state index contributed by atoms with van der Waals surface area (Å²) in [6.45, 7) is 0. The quantitative estimate of drug-likeness (QED) is 0.464. The number of unbranched alkanes of at least 4 members (excludes halogenated alkanes) is 2. The van der Waals surface area contributed by atoms with Gasteiger partial charge in [-0.15, -0.1) is 24.0 Å². The highest BCUT2D eigenvalue weighted by molar-refractivity contribution is 6.17. The first-order chi connectivity index (χ1) is 9.36. The van der Waals surface area contributed by atoms with Crippen LogP contribution in [0.25, 0.3) is 0 Å². The Kier molecular flexibility index (Phi) is 9.34. The highest BCUT2D eigenvalue weighted by atomic mass is 35.5. The van der Waals surface area contributed by atoms with Crippen molar-refractivity contribution in [2.75, 3.05) is 20.0 Å². The van der Waals surface area contributed by atoms with Gasteiger partial charge in [-0.25, -0.2) is 0 Å². The van der Waals surface area contributed by atoms with Crippen molar-refractivity contribution in [1.29, 1.82) is 0 Å². The maximum Gasteiger partial charge on any atom is 0.416 e. The van der Waals surface area contributed by atoms with Crippen LogP contribution in [0.1, 0.15) is 42.9 Å². The fourth-order valence-corrected chi connectivity index (χ4v) is 2.44. The van der Waals surface area contributed by atoms with Crippen LogP contribution in [0.5, 0.6) is 0 Å². The summed E-state index contributed by atoms with van der Waals surface area (Å²) in [5.41, 5.74) is 0.137. The Bertz CT molecular complexity index is 408. The van der Waals surface area contributed by atoms with E-state index in [4.69, 9.17) is 11.6 Å². The predicted molar refractivity (Wildman–Crippen MR) is 84.3 cm³/mol. The maximum absolute atomic E-state index is 12.8. The van der Waals surface area contributed by atoms with Crippen LogP contribution in [0.3, 0.4) is 0 Å². The maximum atomic E-state index is 12.8. The third kappa shape index (κ3) is 6.90. The molecule has 1 unspecified atom stereocenters. The van der Waals surface area contributed by atoms with Crippen LogP contribution in [0.4, 0.5) is 13.2 Å².